The van der Waals surface area contributed by atoms with Crippen LogP contribution in [0, 0.1) is 5.92 Å². The second kappa shape index (κ2) is 35.8. The molecule has 0 aromatic carbocycles. The molecule has 0 aliphatic carbocycles. The van der Waals surface area contributed by atoms with E-state index in [0.717, 1.165) is 51.4 Å². The number of aliphatic hydroxyl groups excluding tert-OH is 3. The maximum Gasteiger partial charge on any atom is 0.472 e. The monoisotopic (exact) mass is 851 g/mol. The highest BCUT2D eigenvalue weighted by Gasteiger charge is 2.35. The van der Waals surface area contributed by atoms with Crippen molar-refractivity contribution in [2.45, 2.75) is 154 Å². The summed E-state index contributed by atoms with van der Waals surface area (Å²) in [5, 5.41) is 30.9. The zero-order chi connectivity index (χ0) is 43.4. The van der Waals surface area contributed by atoms with Crippen LogP contribution in [0.25, 0.3) is 0 Å². The van der Waals surface area contributed by atoms with Crippen molar-refractivity contribution in [2.24, 2.45) is 11.7 Å². The molecule has 0 aromatic rings. The topological polar surface area (TPSA) is 204 Å². The van der Waals surface area contributed by atoms with Crippen LogP contribution < -0.4 is 5.73 Å². The Bertz CT molecular complexity index is 1360. The Balaban J connectivity index is 2.49. The lowest BCUT2D eigenvalue weighted by Crippen LogP contribution is -2.43. The fourth-order valence-corrected chi connectivity index (χ4v) is 6.59. The van der Waals surface area contributed by atoms with Crippen molar-refractivity contribution < 1.29 is 57.6 Å². The van der Waals surface area contributed by atoms with Gasteiger partial charge in [-0.1, -0.05) is 118 Å². The Morgan fingerprint density at radius 3 is 2.00 bits per heavy atom. The van der Waals surface area contributed by atoms with Crippen molar-refractivity contribution >= 4 is 19.8 Å². The maximum absolute atomic E-state index is 12.6. The summed E-state index contributed by atoms with van der Waals surface area (Å²) in [7, 11) is -4.47. The molecule has 7 atom stereocenters. The van der Waals surface area contributed by atoms with Gasteiger partial charge in [0.15, 0.2) is 12.4 Å². The molecule has 0 saturated carbocycles. The lowest BCUT2D eigenvalue weighted by molar-refractivity contribution is -0.199. The van der Waals surface area contributed by atoms with Gasteiger partial charge in [-0.25, -0.2) is 4.57 Å². The molecule has 1 heterocycles. The van der Waals surface area contributed by atoms with Gasteiger partial charge in [0.2, 0.25) is 0 Å². The smallest absolute Gasteiger partial charge is 0.462 e. The van der Waals surface area contributed by atoms with Gasteiger partial charge in [-0.05, 0) is 70.6 Å². The molecule has 1 rings (SSSR count). The Hall–Kier alpha value is -2.97. The molecule has 1 aliphatic heterocycles. The van der Waals surface area contributed by atoms with Gasteiger partial charge in [0.25, 0.3) is 0 Å². The van der Waals surface area contributed by atoms with E-state index in [1.807, 2.05) is 24.3 Å². The summed E-state index contributed by atoms with van der Waals surface area (Å²) in [6, 6.07) is 0. The minimum Gasteiger partial charge on any atom is -0.462 e. The van der Waals surface area contributed by atoms with E-state index < -0.39 is 57.1 Å². The largest absolute Gasteiger partial charge is 0.472 e. The van der Waals surface area contributed by atoms with Gasteiger partial charge >= 0.3 is 19.8 Å². The fraction of sp³-hybridized carbons (Fsp3) is 0.644. The minimum atomic E-state index is -4.47. The molecule has 6 N–H and O–H groups in total. The summed E-state index contributed by atoms with van der Waals surface area (Å²) in [6.07, 6.45) is 35.3. The quantitative estimate of drug-likeness (QED) is 0.0180. The predicted octanol–water partition coefficient (Wildman–Crippen LogP) is 8.15. The third-order valence-electron chi connectivity index (χ3n) is 9.06. The summed E-state index contributed by atoms with van der Waals surface area (Å²) in [4.78, 5) is 35.0. The van der Waals surface area contributed by atoms with Gasteiger partial charge in [-0.15, -0.1) is 0 Å². The average Bonchev–Trinajstić information content (AvgIpc) is 3.20. The molecule has 2 unspecified atom stereocenters. The van der Waals surface area contributed by atoms with Gasteiger partial charge in [-0.2, -0.15) is 0 Å². The van der Waals surface area contributed by atoms with Gasteiger partial charge in [0.05, 0.1) is 31.5 Å². The highest BCUT2D eigenvalue weighted by molar-refractivity contribution is 7.47. The summed E-state index contributed by atoms with van der Waals surface area (Å²) in [5.74, 6) is -1.42. The Morgan fingerprint density at radius 2 is 1.39 bits per heavy atom. The number of hydrogen-bond acceptors (Lipinski definition) is 12. The second-order valence-corrected chi connectivity index (χ2v) is 15.8. The van der Waals surface area contributed by atoms with E-state index in [2.05, 4.69) is 62.5 Å². The molecule has 59 heavy (non-hydrogen) atoms. The first kappa shape index (κ1) is 54.0. The van der Waals surface area contributed by atoms with Crippen molar-refractivity contribution in [1.29, 1.82) is 0 Å². The minimum absolute atomic E-state index is 0.000223. The van der Waals surface area contributed by atoms with Crippen molar-refractivity contribution in [1.82, 2.24) is 0 Å². The van der Waals surface area contributed by atoms with Crippen LogP contribution in [-0.4, -0.2) is 89.2 Å². The lowest BCUT2D eigenvalue weighted by Gasteiger charge is -2.36. The highest BCUT2D eigenvalue weighted by atomic mass is 31.2. The van der Waals surface area contributed by atoms with Crippen LogP contribution in [-0.2, 0) is 37.4 Å². The third-order valence-corrected chi connectivity index (χ3v) is 10.0. The summed E-state index contributed by atoms with van der Waals surface area (Å²) in [5.41, 5.74) is 5.34. The zero-order valence-corrected chi connectivity index (χ0v) is 36.4. The molecule has 1 aliphatic rings. The molecule has 0 spiro atoms. The molecule has 1 fully saturated rings. The molecular weight excluding hydrogens is 777 g/mol. The lowest BCUT2D eigenvalue weighted by atomic mass is 9.87. The number of carbonyl (C=O) groups excluding carboxylic acids is 2. The van der Waals surface area contributed by atoms with Gasteiger partial charge in [-0.3, -0.25) is 18.6 Å². The van der Waals surface area contributed by atoms with Gasteiger partial charge in [0.1, 0.15) is 6.61 Å². The van der Waals surface area contributed by atoms with Crippen LogP contribution in [0.3, 0.4) is 0 Å². The number of phosphoric ester groups is 1. The number of phosphoric acid groups is 1. The van der Waals surface area contributed by atoms with E-state index in [-0.39, 0.29) is 44.9 Å². The second-order valence-electron chi connectivity index (χ2n) is 14.4. The number of carbonyl (C=O) groups is 2. The highest BCUT2D eigenvalue weighted by Crippen LogP contribution is 2.43. The summed E-state index contributed by atoms with van der Waals surface area (Å²) >= 11 is 0. The number of nitrogens with two attached hydrogens (primary N) is 1. The molecule has 14 heteroatoms. The number of rotatable bonds is 34. The van der Waals surface area contributed by atoms with Crippen LogP contribution in [0.15, 0.2) is 85.1 Å². The van der Waals surface area contributed by atoms with Crippen LogP contribution in [0.2, 0.25) is 0 Å². The van der Waals surface area contributed by atoms with Crippen molar-refractivity contribution in [3.63, 3.8) is 0 Å². The van der Waals surface area contributed by atoms with E-state index in [4.69, 9.17) is 29.0 Å². The normalized spacial score (nSPS) is 21.2. The molecule has 0 radical (unpaired) electrons. The van der Waals surface area contributed by atoms with Crippen molar-refractivity contribution in [3.8, 4) is 0 Å². The zero-order valence-electron chi connectivity index (χ0n) is 35.5. The number of esters is 2. The first-order chi connectivity index (χ1) is 28.5. The fourth-order valence-electron chi connectivity index (χ4n) is 5.82. The van der Waals surface area contributed by atoms with Crippen LogP contribution in [0.1, 0.15) is 123 Å². The Morgan fingerprint density at radius 1 is 0.797 bits per heavy atom. The number of hydrogen-bond donors (Lipinski definition) is 5. The number of unbranched alkanes of at least 4 members (excludes halogenated alkanes) is 4. The van der Waals surface area contributed by atoms with Gasteiger partial charge < -0.3 is 40.2 Å². The summed E-state index contributed by atoms with van der Waals surface area (Å²) < 4.78 is 38.3. The van der Waals surface area contributed by atoms with E-state index in [0.29, 0.717) is 38.5 Å². The first-order valence-corrected chi connectivity index (χ1v) is 23.0. The third kappa shape index (κ3) is 30.7. The number of allylic oxidation sites excluding steroid dienone is 12. The first-order valence-electron chi connectivity index (χ1n) is 21.5. The predicted molar refractivity (Wildman–Crippen MR) is 232 cm³/mol. The molecule has 0 bridgehead atoms. The van der Waals surface area contributed by atoms with E-state index >= 15 is 0 Å². The molecular formula is C45H74NO12P. The molecule has 1 saturated heterocycles. The molecule has 13 nitrogen and oxygen atoms in total. The van der Waals surface area contributed by atoms with Crippen molar-refractivity contribution in [3.05, 3.63) is 85.1 Å². The van der Waals surface area contributed by atoms with Crippen LogP contribution in [0.4, 0.5) is 0 Å². The number of ether oxygens (including phenoxy) is 3. The van der Waals surface area contributed by atoms with E-state index in [9.17, 15) is 34.4 Å². The number of aliphatic hydroxyl groups is 3. The maximum atomic E-state index is 12.6. The van der Waals surface area contributed by atoms with Gasteiger partial charge in [0, 0.05) is 31.7 Å². The molecule has 0 amide bonds. The molecule has 336 valence electrons. The average molecular weight is 852 g/mol. The van der Waals surface area contributed by atoms with Crippen LogP contribution >= 0.6 is 7.82 Å². The Kier molecular flexibility index (Phi) is 32.8. The summed E-state index contributed by atoms with van der Waals surface area (Å²) in [6.45, 7) is 3.10. The Labute approximate surface area is 353 Å². The van der Waals surface area contributed by atoms with E-state index in [1.54, 1.807) is 12.2 Å². The molecule has 0 aromatic heterocycles. The standard InChI is InChI=1S/C45H74NO12P/c1-3-5-7-8-9-10-11-12-13-14-15-16-17-18-19-20-26-30-44(50)57-39(37-56-59(52,53)55-34-33-46)36-54-43(49)29-25-22-21-24-28-40-41(48)35-45(51)58-42(40)32-31-38(47)27-23-6-4-2/h5,7,9-10,12-13,15-16,18-19,21,24,31-32,38-42,45,47-48,51H,3-4,6,8,11,14,17,20,22-23,25-30,33-37,46H2,1-2H3,(H,52,53)/b7-5-,10-9-,13-12-,16-15-,19-18-,24-21-,32-31+/t38-,39+,40-,41-,42+,45?/m0/s1. The van der Waals surface area contributed by atoms with Crippen LogP contribution in [0.5, 0.6) is 0 Å². The SMILES string of the molecule is CC/C=C\C/C=C\C/C=C\C/C=C\C/C=C\CCCC(=O)O[C@H](COC(=O)CCC/C=C\C[C@H]1[C@@H](O)CC(O)O[C@@H]1/C=C/[C@@H](O)CCCCC)COP(=O)(O)OCCN. The van der Waals surface area contributed by atoms with Crippen molar-refractivity contribution in [2.75, 3.05) is 26.4 Å². The van der Waals surface area contributed by atoms with E-state index in [1.165, 1.54) is 0 Å².